The number of nitrogens with one attached hydrogen (secondary N) is 3. The lowest BCUT2D eigenvalue weighted by atomic mass is 9.87. The monoisotopic (exact) mass is 520 g/mol. The quantitative estimate of drug-likeness (QED) is 0.394. The molecular weight excluding hydrogens is 491 g/mol. The zero-order chi connectivity index (χ0) is 26.9. The maximum absolute atomic E-state index is 14.9. The molecule has 1 fully saturated rings. The van der Waals surface area contributed by atoms with Gasteiger partial charge in [-0.15, -0.1) is 0 Å². The van der Waals surface area contributed by atoms with Gasteiger partial charge in [-0.05, 0) is 54.8 Å². The van der Waals surface area contributed by atoms with Gasteiger partial charge < -0.3 is 20.5 Å². The predicted molar refractivity (Wildman–Crippen MR) is 151 cm³/mol. The number of halogens is 1. The number of rotatable bonds is 5. The molecule has 3 aromatic rings. The first-order valence-electron chi connectivity index (χ1n) is 13.2. The van der Waals surface area contributed by atoms with Crippen molar-refractivity contribution in [2.75, 3.05) is 13.6 Å². The van der Waals surface area contributed by atoms with Crippen LogP contribution in [0.5, 0.6) is 0 Å². The number of H-pyrrole nitrogens is 1. The van der Waals surface area contributed by atoms with E-state index in [1.54, 1.807) is 29.3 Å². The van der Waals surface area contributed by atoms with Gasteiger partial charge in [0, 0.05) is 47.9 Å². The molecule has 7 heteroatoms. The van der Waals surface area contributed by atoms with Gasteiger partial charge in [0.1, 0.15) is 5.82 Å². The van der Waals surface area contributed by atoms with E-state index in [2.05, 4.69) is 15.6 Å². The fourth-order valence-corrected chi connectivity index (χ4v) is 5.62. The van der Waals surface area contributed by atoms with Crippen LogP contribution in [0.25, 0.3) is 22.8 Å². The Kier molecular flexibility index (Phi) is 6.49. The van der Waals surface area contributed by atoms with Crippen molar-refractivity contribution in [2.24, 2.45) is 0 Å². The van der Waals surface area contributed by atoms with Crippen LogP contribution in [0.4, 0.5) is 4.39 Å². The lowest BCUT2D eigenvalue weighted by Crippen LogP contribution is -2.39. The molecule has 1 aromatic heterocycles. The molecule has 0 saturated carbocycles. The number of benzene rings is 2. The third-order valence-electron chi connectivity index (χ3n) is 7.61. The summed E-state index contributed by atoms with van der Waals surface area (Å²) in [5.41, 5.74) is 5.95. The molecule has 6 nitrogen and oxygen atoms in total. The number of aromatic nitrogens is 1. The number of nitrogens with zero attached hydrogens (tertiary/aromatic N) is 1. The summed E-state index contributed by atoms with van der Waals surface area (Å²) in [6.07, 6.45) is 11.5. The average Bonchev–Trinajstić information content (AvgIpc) is 3.54. The molecule has 1 atom stereocenters. The molecule has 1 unspecified atom stereocenters. The number of carbonyl (C=O) groups is 2. The highest BCUT2D eigenvalue weighted by Gasteiger charge is 2.34. The van der Waals surface area contributed by atoms with E-state index in [1.165, 1.54) is 6.07 Å². The van der Waals surface area contributed by atoms with Crippen molar-refractivity contribution >= 4 is 23.5 Å². The molecular formula is C32H29FN4O2. The lowest BCUT2D eigenvalue weighted by Gasteiger charge is -2.28. The Morgan fingerprint density at radius 1 is 1.10 bits per heavy atom. The maximum Gasteiger partial charge on any atom is 0.256 e. The van der Waals surface area contributed by atoms with Crippen molar-refractivity contribution in [3.05, 3.63) is 119 Å². The van der Waals surface area contributed by atoms with Gasteiger partial charge in [-0.2, -0.15) is 0 Å². The van der Waals surface area contributed by atoms with E-state index in [9.17, 15) is 14.0 Å². The summed E-state index contributed by atoms with van der Waals surface area (Å²) >= 11 is 0. The molecule has 2 aromatic carbocycles. The van der Waals surface area contributed by atoms with Crippen LogP contribution in [0.3, 0.4) is 0 Å². The standard InChI is InChI=1S/C32H29FN4O2/c1-37(21-14-16-34-17-15-21)32(39)25-19-35-28(29(25)20-8-3-2-4-9-20)18-24-30-23(22-10-5-6-12-26(22)33)11-7-13-27(30)36-31(24)38/h2-6,8-10,12-14,16,18-19,21,34-35H,7,11,15,17H2,1H3,(H,36,38)/b24-18-. The predicted octanol–water partition coefficient (Wildman–Crippen LogP) is 5.41. The molecule has 6 rings (SSSR count). The Balaban J connectivity index is 1.49. The molecule has 2 aliphatic heterocycles. The minimum absolute atomic E-state index is 0.0110. The number of fused-ring (bicyclic) bond motifs is 1. The largest absolute Gasteiger partial charge is 0.391 e. The molecule has 3 aliphatic rings. The fraction of sp³-hybridized carbons (Fsp3) is 0.188. The van der Waals surface area contributed by atoms with E-state index in [0.29, 0.717) is 40.9 Å². The third kappa shape index (κ3) is 4.50. The minimum atomic E-state index is -0.312. The van der Waals surface area contributed by atoms with Crippen molar-refractivity contribution in [3.8, 4) is 11.1 Å². The van der Waals surface area contributed by atoms with Crippen LogP contribution in [0.2, 0.25) is 0 Å². The molecule has 0 radical (unpaired) electrons. The van der Waals surface area contributed by atoms with Gasteiger partial charge in [-0.1, -0.05) is 54.6 Å². The highest BCUT2D eigenvalue weighted by molar-refractivity contribution is 6.13. The Hall–Kier alpha value is -4.65. The zero-order valence-corrected chi connectivity index (χ0v) is 21.6. The van der Waals surface area contributed by atoms with Crippen LogP contribution in [-0.2, 0) is 4.79 Å². The smallest absolute Gasteiger partial charge is 0.256 e. The number of carbonyl (C=O) groups excluding carboxylic acids is 2. The summed E-state index contributed by atoms with van der Waals surface area (Å²) in [6.45, 7) is 0.805. The first-order valence-corrected chi connectivity index (χ1v) is 13.2. The number of allylic oxidation sites excluding steroid dienone is 3. The molecule has 39 heavy (non-hydrogen) atoms. The van der Waals surface area contributed by atoms with Crippen LogP contribution in [0.1, 0.15) is 40.9 Å². The second-order valence-corrected chi connectivity index (χ2v) is 9.94. The van der Waals surface area contributed by atoms with E-state index in [4.69, 9.17) is 0 Å². The maximum atomic E-state index is 14.9. The Morgan fingerprint density at radius 2 is 1.90 bits per heavy atom. The highest BCUT2D eigenvalue weighted by Crippen LogP contribution is 2.41. The normalized spacial score (nSPS) is 19.4. The van der Waals surface area contributed by atoms with E-state index in [0.717, 1.165) is 35.2 Å². The van der Waals surface area contributed by atoms with Crippen LogP contribution >= 0.6 is 0 Å². The lowest BCUT2D eigenvalue weighted by molar-refractivity contribution is -0.115. The minimum Gasteiger partial charge on any atom is -0.391 e. The average molecular weight is 521 g/mol. The van der Waals surface area contributed by atoms with Gasteiger partial charge in [0.2, 0.25) is 0 Å². The van der Waals surface area contributed by atoms with E-state index in [-0.39, 0.29) is 23.7 Å². The topological polar surface area (TPSA) is 77.2 Å². The second-order valence-electron chi connectivity index (χ2n) is 9.94. The van der Waals surface area contributed by atoms with Gasteiger partial charge >= 0.3 is 0 Å². The number of likely N-dealkylation sites (N-methyl/N-ethyl adjacent to an activating group) is 1. The molecule has 3 heterocycles. The van der Waals surface area contributed by atoms with Crippen LogP contribution in [0, 0.1) is 5.82 Å². The summed E-state index contributed by atoms with van der Waals surface area (Å²) in [6, 6.07) is 16.4. The molecule has 0 spiro atoms. The van der Waals surface area contributed by atoms with E-state index in [1.807, 2.05) is 61.8 Å². The molecule has 1 saturated heterocycles. The summed E-state index contributed by atoms with van der Waals surface area (Å²) < 4.78 is 14.9. The van der Waals surface area contributed by atoms with Crippen molar-refractivity contribution in [3.63, 3.8) is 0 Å². The Labute approximate surface area is 226 Å². The molecule has 1 aliphatic carbocycles. The summed E-state index contributed by atoms with van der Waals surface area (Å²) in [5, 5.41) is 6.14. The second kappa shape index (κ2) is 10.3. The molecule has 3 N–H and O–H groups in total. The first kappa shape index (κ1) is 24.7. The van der Waals surface area contributed by atoms with Gasteiger partial charge in [0.15, 0.2) is 0 Å². The van der Waals surface area contributed by atoms with E-state index >= 15 is 0 Å². The van der Waals surface area contributed by atoms with Gasteiger partial charge in [0.25, 0.3) is 11.8 Å². The van der Waals surface area contributed by atoms with Gasteiger partial charge in [0.05, 0.1) is 17.2 Å². The number of hydrogen-bond donors (Lipinski definition) is 3. The summed E-state index contributed by atoms with van der Waals surface area (Å²) in [7, 11) is 1.82. The number of aromatic amines is 1. The fourth-order valence-electron chi connectivity index (χ4n) is 5.62. The Morgan fingerprint density at radius 3 is 2.67 bits per heavy atom. The van der Waals surface area contributed by atoms with Crippen LogP contribution in [-0.4, -0.2) is 41.3 Å². The molecule has 2 amide bonds. The van der Waals surface area contributed by atoms with Gasteiger partial charge in [-0.3, -0.25) is 9.59 Å². The third-order valence-corrected chi connectivity index (χ3v) is 7.61. The van der Waals surface area contributed by atoms with Crippen molar-refractivity contribution in [2.45, 2.75) is 25.3 Å². The number of amides is 2. The van der Waals surface area contributed by atoms with E-state index < -0.39 is 0 Å². The van der Waals surface area contributed by atoms with Crippen LogP contribution < -0.4 is 10.6 Å². The zero-order valence-electron chi connectivity index (χ0n) is 21.6. The van der Waals surface area contributed by atoms with Crippen molar-refractivity contribution < 1.29 is 14.0 Å². The highest BCUT2D eigenvalue weighted by atomic mass is 19.1. The van der Waals surface area contributed by atoms with Crippen molar-refractivity contribution in [1.29, 1.82) is 0 Å². The molecule has 0 bridgehead atoms. The number of hydrogen-bond acceptors (Lipinski definition) is 3. The first-order chi connectivity index (χ1) is 19.0. The summed E-state index contributed by atoms with van der Waals surface area (Å²) in [4.78, 5) is 32.0. The SMILES string of the molecule is CN(C(=O)c1c[nH]c(/C=C2\C(=O)NC3=CCCC(c4ccccc4F)=C32)c1-c1ccccc1)C1C=CNCC1. The Bertz CT molecular complexity index is 1580. The summed E-state index contributed by atoms with van der Waals surface area (Å²) in [5.74, 6) is -0.662. The van der Waals surface area contributed by atoms with Gasteiger partial charge in [-0.25, -0.2) is 4.39 Å². The molecule has 196 valence electrons. The van der Waals surface area contributed by atoms with Crippen LogP contribution in [0.15, 0.2) is 96.0 Å². The van der Waals surface area contributed by atoms with Crippen molar-refractivity contribution in [1.82, 2.24) is 20.5 Å².